The highest BCUT2D eigenvalue weighted by Gasteiger charge is 2.12. The van der Waals surface area contributed by atoms with Gasteiger partial charge in [-0.1, -0.05) is 34.1 Å². The van der Waals surface area contributed by atoms with Gasteiger partial charge in [-0.05, 0) is 52.7 Å². The van der Waals surface area contributed by atoms with Gasteiger partial charge < -0.3 is 5.32 Å². The van der Waals surface area contributed by atoms with Crippen molar-refractivity contribution in [3.05, 3.63) is 81.0 Å². The Bertz CT molecular complexity index is 802. The van der Waals surface area contributed by atoms with Crippen molar-refractivity contribution < 1.29 is 4.79 Å². The lowest BCUT2D eigenvalue weighted by atomic mass is 10.2. The molecule has 1 heterocycles. The van der Waals surface area contributed by atoms with Gasteiger partial charge in [0.1, 0.15) is 0 Å². The van der Waals surface area contributed by atoms with Crippen molar-refractivity contribution in [2.45, 2.75) is 10.6 Å². The number of thiophene rings is 1. The van der Waals surface area contributed by atoms with Crippen LogP contribution in [0, 0.1) is 0 Å². The van der Waals surface area contributed by atoms with Gasteiger partial charge in [0, 0.05) is 20.8 Å². The number of halogens is 1. The molecule has 116 valence electrons. The van der Waals surface area contributed by atoms with Crippen LogP contribution in [0.3, 0.4) is 0 Å². The van der Waals surface area contributed by atoms with E-state index in [1.165, 1.54) is 5.56 Å². The molecule has 0 atom stereocenters. The van der Waals surface area contributed by atoms with Crippen molar-refractivity contribution in [3.63, 3.8) is 0 Å². The summed E-state index contributed by atoms with van der Waals surface area (Å²) in [5.41, 5.74) is 2.76. The molecule has 0 saturated carbocycles. The molecular weight excluding hydrogens is 390 g/mol. The summed E-state index contributed by atoms with van der Waals surface area (Å²) in [7, 11) is 0. The molecule has 1 amide bonds. The van der Waals surface area contributed by atoms with Crippen molar-refractivity contribution in [2.75, 3.05) is 5.32 Å². The second-order valence-corrected chi connectivity index (χ2v) is 7.59. The molecule has 1 aromatic heterocycles. The number of anilines is 1. The van der Waals surface area contributed by atoms with Crippen molar-refractivity contribution in [1.29, 1.82) is 0 Å². The maximum atomic E-state index is 12.6. The average molecular weight is 404 g/mol. The summed E-state index contributed by atoms with van der Waals surface area (Å²) >= 11 is 6.79. The lowest BCUT2D eigenvalue weighted by molar-refractivity contribution is 0.102. The zero-order chi connectivity index (χ0) is 16.1. The van der Waals surface area contributed by atoms with Crippen LogP contribution in [0.5, 0.6) is 0 Å². The molecule has 3 rings (SSSR count). The zero-order valence-electron chi connectivity index (χ0n) is 12.2. The number of carbonyl (C=O) groups is 1. The Hall–Kier alpha value is -1.56. The zero-order valence-corrected chi connectivity index (χ0v) is 15.4. The number of hydrogen-bond acceptors (Lipinski definition) is 3. The summed E-state index contributed by atoms with van der Waals surface area (Å²) in [6, 6.07) is 17.4. The minimum Gasteiger partial charge on any atom is -0.322 e. The smallest absolute Gasteiger partial charge is 0.256 e. The fraction of sp³-hybridized carbons (Fsp3) is 0.0556. The average Bonchev–Trinajstić information content (AvgIpc) is 3.06. The molecule has 2 aromatic carbocycles. The van der Waals surface area contributed by atoms with Crippen LogP contribution in [0.4, 0.5) is 5.69 Å². The second-order valence-electron chi connectivity index (χ2n) is 4.88. The highest BCUT2D eigenvalue weighted by atomic mass is 79.9. The van der Waals surface area contributed by atoms with Gasteiger partial charge in [-0.15, -0.1) is 11.8 Å². The Labute approximate surface area is 152 Å². The summed E-state index contributed by atoms with van der Waals surface area (Å²) in [5.74, 6) is 0.779. The number of benzene rings is 2. The minimum atomic E-state index is -0.0866. The molecule has 0 spiro atoms. The molecule has 0 aliphatic carbocycles. The van der Waals surface area contributed by atoms with E-state index in [-0.39, 0.29) is 5.91 Å². The van der Waals surface area contributed by atoms with Crippen LogP contribution in [0.15, 0.2) is 74.7 Å². The third-order valence-corrected chi connectivity index (χ3v) is 5.56. The van der Waals surface area contributed by atoms with Crippen molar-refractivity contribution in [1.82, 2.24) is 0 Å². The number of amides is 1. The third kappa shape index (κ3) is 4.47. The molecule has 3 aromatic rings. The number of rotatable bonds is 5. The van der Waals surface area contributed by atoms with Crippen LogP contribution in [0.2, 0.25) is 0 Å². The Morgan fingerprint density at radius 3 is 2.78 bits per heavy atom. The number of nitrogens with one attached hydrogen (secondary N) is 1. The molecule has 0 fully saturated rings. The molecule has 0 unspecified atom stereocenters. The molecular formula is C18H14BrNOS2. The molecule has 0 aliphatic rings. The fourth-order valence-electron chi connectivity index (χ4n) is 2.08. The van der Waals surface area contributed by atoms with E-state index < -0.39 is 0 Å². The van der Waals surface area contributed by atoms with E-state index in [1.54, 1.807) is 23.1 Å². The Kier molecular flexibility index (Phi) is 5.54. The van der Waals surface area contributed by atoms with E-state index in [4.69, 9.17) is 0 Å². The van der Waals surface area contributed by atoms with Crippen LogP contribution in [-0.2, 0) is 5.75 Å². The van der Waals surface area contributed by atoms with Crippen molar-refractivity contribution in [2.24, 2.45) is 0 Å². The van der Waals surface area contributed by atoms with Crippen LogP contribution < -0.4 is 5.32 Å². The molecule has 2 nitrogen and oxygen atoms in total. The van der Waals surface area contributed by atoms with Crippen molar-refractivity contribution in [3.8, 4) is 0 Å². The monoisotopic (exact) mass is 403 g/mol. The molecule has 5 heteroatoms. The topological polar surface area (TPSA) is 29.1 Å². The summed E-state index contributed by atoms with van der Waals surface area (Å²) in [6.07, 6.45) is 0. The standard InChI is InChI=1S/C18H14BrNOS2/c19-14-4-3-5-15(10-14)20-18(21)16-6-1-2-7-17(16)23-12-13-8-9-22-11-13/h1-11H,12H2,(H,20,21). The van der Waals surface area contributed by atoms with Crippen LogP contribution in [0.25, 0.3) is 0 Å². The first-order chi connectivity index (χ1) is 11.2. The number of thioether (sulfide) groups is 1. The molecule has 0 aliphatic heterocycles. The SMILES string of the molecule is O=C(Nc1cccc(Br)c1)c1ccccc1SCc1ccsc1. The summed E-state index contributed by atoms with van der Waals surface area (Å²) in [4.78, 5) is 13.6. The van der Waals surface area contributed by atoms with Crippen LogP contribution >= 0.6 is 39.0 Å². The van der Waals surface area contributed by atoms with Gasteiger partial charge >= 0.3 is 0 Å². The normalized spacial score (nSPS) is 10.5. The highest BCUT2D eigenvalue weighted by molar-refractivity contribution is 9.10. The van der Waals surface area contributed by atoms with Gasteiger partial charge in [0.2, 0.25) is 0 Å². The maximum Gasteiger partial charge on any atom is 0.256 e. The molecule has 0 saturated heterocycles. The lowest BCUT2D eigenvalue weighted by Gasteiger charge is -2.10. The van der Waals surface area contributed by atoms with E-state index in [0.29, 0.717) is 5.56 Å². The van der Waals surface area contributed by atoms with Crippen LogP contribution in [-0.4, -0.2) is 5.91 Å². The van der Waals surface area contributed by atoms with Crippen molar-refractivity contribution >= 4 is 50.6 Å². The van der Waals surface area contributed by atoms with Gasteiger partial charge in [0.15, 0.2) is 0 Å². The first-order valence-electron chi connectivity index (χ1n) is 7.02. The highest BCUT2D eigenvalue weighted by Crippen LogP contribution is 2.28. The number of hydrogen-bond donors (Lipinski definition) is 1. The summed E-state index contributed by atoms with van der Waals surface area (Å²) in [6.45, 7) is 0. The van der Waals surface area contributed by atoms with Gasteiger partial charge in [-0.3, -0.25) is 4.79 Å². The van der Waals surface area contributed by atoms with Crippen LogP contribution in [0.1, 0.15) is 15.9 Å². The quantitative estimate of drug-likeness (QED) is 0.524. The van der Waals surface area contributed by atoms with Gasteiger partial charge in [0.25, 0.3) is 5.91 Å². The third-order valence-electron chi connectivity index (χ3n) is 3.19. The summed E-state index contributed by atoms with van der Waals surface area (Å²) < 4.78 is 0.940. The second kappa shape index (κ2) is 7.81. The maximum absolute atomic E-state index is 12.6. The number of carbonyl (C=O) groups excluding carboxylic acids is 1. The first kappa shape index (κ1) is 16.3. The molecule has 1 N–H and O–H groups in total. The predicted octanol–water partition coefficient (Wildman–Crippen LogP) is 6.06. The largest absolute Gasteiger partial charge is 0.322 e. The van der Waals surface area contributed by atoms with E-state index >= 15 is 0 Å². The first-order valence-corrected chi connectivity index (χ1v) is 9.74. The lowest BCUT2D eigenvalue weighted by Crippen LogP contribution is -2.12. The molecule has 0 bridgehead atoms. The van der Waals surface area contributed by atoms with Gasteiger partial charge in [-0.25, -0.2) is 0 Å². The summed E-state index contributed by atoms with van der Waals surface area (Å²) in [5, 5.41) is 7.16. The molecule has 23 heavy (non-hydrogen) atoms. The minimum absolute atomic E-state index is 0.0866. The fourth-order valence-corrected chi connectivity index (χ4v) is 4.25. The van der Waals surface area contributed by atoms with E-state index in [9.17, 15) is 4.79 Å². The van der Waals surface area contributed by atoms with E-state index in [2.05, 4.69) is 38.1 Å². The van der Waals surface area contributed by atoms with E-state index in [0.717, 1.165) is 20.8 Å². The Morgan fingerprint density at radius 1 is 1.13 bits per heavy atom. The predicted molar refractivity (Wildman–Crippen MR) is 102 cm³/mol. The Morgan fingerprint density at radius 2 is 2.00 bits per heavy atom. The van der Waals surface area contributed by atoms with E-state index in [1.807, 2.05) is 48.5 Å². The molecule has 0 radical (unpaired) electrons. The Balaban J connectivity index is 1.75. The van der Waals surface area contributed by atoms with Gasteiger partial charge in [0.05, 0.1) is 5.56 Å². The van der Waals surface area contributed by atoms with Gasteiger partial charge in [-0.2, -0.15) is 11.3 Å².